The van der Waals surface area contributed by atoms with Gasteiger partial charge in [-0.25, -0.2) is 0 Å². The minimum absolute atomic E-state index is 1.26. The summed E-state index contributed by atoms with van der Waals surface area (Å²) in [6, 6.07) is 0. The van der Waals surface area contributed by atoms with Crippen LogP contribution in [0.25, 0.3) is 0 Å². The van der Waals surface area contributed by atoms with Crippen LogP contribution in [0.1, 0.15) is 13.8 Å². The van der Waals surface area contributed by atoms with Gasteiger partial charge in [-0.05, 0) is 11.5 Å². The molecule has 0 rings (SSSR count). The van der Waals surface area contributed by atoms with Crippen LogP contribution >= 0.6 is 11.8 Å². The Morgan fingerprint density at radius 2 is 1.33 bits per heavy atom. The van der Waals surface area contributed by atoms with Crippen LogP contribution in [0.2, 0.25) is 0 Å². The zero-order valence-corrected chi connectivity index (χ0v) is 6.35. The highest BCUT2D eigenvalue weighted by atomic mass is 32.2. The molecule has 0 aliphatic heterocycles. The second kappa shape index (κ2) is 11.1. The molecule has 0 saturated heterocycles. The molecule has 0 saturated carbocycles. The van der Waals surface area contributed by atoms with E-state index in [0.717, 1.165) is 0 Å². The van der Waals surface area contributed by atoms with Crippen molar-refractivity contribution in [3.63, 3.8) is 0 Å². The first-order chi connectivity index (χ1) is 4.15. The topological polar surface area (TPSA) is 0 Å². The minimum atomic E-state index is -3.67. The zero-order valence-electron chi connectivity index (χ0n) is 5.53. The third-order valence-corrected chi connectivity index (χ3v) is 1.22. The Bertz CT molecular complexity index is 40.0. The number of hydrogen-bond donors (Lipinski definition) is 0. The summed E-state index contributed by atoms with van der Waals surface area (Å²) in [6.07, 6.45) is 0. The zero-order chi connectivity index (χ0) is 7.70. The molecule has 0 atom stereocenters. The van der Waals surface area contributed by atoms with Gasteiger partial charge in [0.15, 0.2) is 0 Å². The first-order valence-electron chi connectivity index (χ1n) is 2.65. The monoisotopic (exact) mass is 158 g/mol. The van der Waals surface area contributed by atoms with Crippen molar-refractivity contribution < 1.29 is 12.9 Å². The van der Waals surface area contributed by atoms with E-state index in [9.17, 15) is 12.9 Å². The summed E-state index contributed by atoms with van der Waals surface area (Å²) in [4.78, 5) is 0. The molecule has 0 spiro atoms. The molecule has 0 aromatic heterocycles. The normalized spacial score (nSPS) is 7.67. The molecule has 0 fully saturated rings. The summed E-state index contributed by atoms with van der Waals surface area (Å²) < 4.78 is 29.0. The van der Waals surface area contributed by atoms with Gasteiger partial charge in [0.05, 0.1) is 0 Å². The highest BCUT2D eigenvalue weighted by Crippen LogP contribution is 1.93. The van der Waals surface area contributed by atoms with E-state index in [2.05, 4.69) is 13.8 Å². The molecule has 0 amide bonds. The molecule has 0 nitrogen and oxygen atoms in total. The van der Waals surface area contributed by atoms with Crippen molar-refractivity contribution in [2.75, 3.05) is 11.5 Å². The third-order valence-electron chi connectivity index (χ3n) is 0.408. The molecule has 9 heavy (non-hydrogen) atoms. The standard InChI is InChI=1S/C4H10S.BF3/c1-3-5-4-2;2-1(3)4/h3-4H2,1-2H3;. The smallest absolute Gasteiger partial charge is 0.254 e. The Kier molecular flexibility index (Phi) is 14.7. The van der Waals surface area contributed by atoms with Crippen LogP contribution in [0.15, 0.2) is 0 Å². The van der Waals surface area contributed by atoms with Gasteiger partial charge in [0, 0.05) is 0 Å². The molecule has 0 heterocycles. The van der Waals surface area contributed by atoms with Crippen molar-refractivity contribution in [1.82, 2.24) is 0 Å². The minimum Gasteiger partial charge on any atom is -0.254 e. The maximum atomic E-state index is 9.67. The second-order valence-electron chi connectivity index (χ2n) is 1.03. The molecule has 0 aromatic carbocycles. The second-order valence-corrected chi connectivity index (χ2v) is 2.59. The highest BCUT2D eigenvalue weighted by molar-refractivity contribution is 7.99. The van der Waals surface area contributed by atoms with Gasteiger partial charge in [0.25, 0.3) is 0 Å². The summed E-state index contributed by atoms with van der Waals surface area (Å²) in [5.41, 5.74) is 0. The van der Waals surface area contributed by atoms with E-state index >= 15 is 0 Å². The van der Waals surface area contributed by atoms with E-state index in [1.54, 1.807) is 0 Å². The fourth-order valence-electron chi connectivity index (χ4n) is 0.204. The largest absolute Gasteiger partial charge is 0.762 e. The third kappa shape index (κ3) is 65.0. The molecule has 56 valence electrons. The Morgan fingerprint density at radius 3 is 1.33 bits per heavy atom. The summed E-state index contributed by atoms with van der Waals surface area (Å²) in [5, 5.41) is 0. The lowest BCUT2D eigenvalue weighted by Crippen LogP contribution is -1.76. The van der Waals surface area contributed by atoms with E-state index < -0.39 is 7.54 Å². The van der Waals surface area contributed by atoms with Crippen molar-refractivity contribution in [3.8, 4) is 0 Å². The Labute approximate surface area is 58.4 Å². The van der Waals surface area contributed by atoms with Gasteiger partial charge >= 0.3 is 7.54 Å². The number of hydrogen-bond acceptors (Lipinski definition) is 1. The summed E-state index contributed by atoms with van der Waals surface area (Å²) in [7, 11) is -3.67. The van der Waals surface area contributed by atoms with Crippen LogP contribution in [0.5, 0.6) is 0 Å². The Balaban J connectivity index is 0. The van der Waals surface area contributed by atoms with Crippen LogP contribution in [0.4, 0.5) is 12.9 Å². The molecule has 0 N–H and O–H groups in total. The quantitative estimate of drug-likeness (QED) is 0.556. The van der Waals surface area contributed by atoms with Gasteiger partial charge in [-0.2, -0.15) is 11.8 Å². The molecule has 0 aliphatic carbocycles. The molecule has 0 radical (unpaired) electrons. The number of rotatable bonds is 2. The van der Waals surface area contributed by atoms with Crippen molar-refractivity contribution in [2.45, 2.75) is 13.8 Å². The summed E-state index contributed by atoms with van der Waals surface area (Å²) in [6.45, 7) is 4.35. The van der Waals surface area contributed by atoms with Crippen LogP contribution in [0, 0.1) is 0 Å². The van der Waals surface area contributed by atoms with Gasteiger partial charge in [0.2, 0.25) is 0 Å². The lowest BCUT2D eigenvalue weighted by Gasteiger charge is -1.80. The van der Waals surface area contributed by atoms with Crippen LogP contribution in [-0.4, -0.2) is 19.0 Å². The van der Waals surface area contributed by atoms with E-state index in [0.29, 0.717) is 0 Å². The molecule has 5 heteroatoms. The molecule has 0 bridgehead atoms. The Hall–Kier alpha value is 0.205. The van der Waals surface area contributed by atoms with Gasteiger partial charge in [0.1, 0.15) is 0 Å². The fraction of sp³-hybridized carbons (Fsp3) is 1.00. The fourth-order valence-corrected chi connectivity index (χ4v) is 0.612. The predicted molar refractivity (Wildman–Crippen MR) is 37.8 cm³/mol. The van der Waals surface area contributed by atoms with E-state index in [1.165, 1.54) is 11.5 Å². The van der Waals surface area contributed by atoms with Crippen LogP contribution in [-0.2, 0) is 0 Å². The van der Waals surface area contributed by atoms with Gasteiger partial charge in [-0.15, -0.1) is 0 Å². The summed E-state index contributed by atoms with van der Waals surface area (Å²) >= 11 is 1.96. The summed E-state index contributed by atoms with van der Waals surface area (Å²) in [5.74, 6) is 2.52. The van der Waals surface area contributed by atoms with Crippen molar-refractivity contribution in [1.29, 1.82) is 0 Å². The maximum Gasteiger partial charge on any atom is 0.762 e. The van der Waals surface area contributed by atoms with E-state index in [1.807, 2.05) is 11.8 Å². The van der Waals surface area contributed by atoms with Gasteiger partial charge in [-0.1, -0.05) is 13.8 Å². The lowest BCUT2D eigenvalue weighted by atomic mass is 10.5. The average molecular weight is 158 g/mol. The van der Waals surface area contributed by atoms with Crippen LogP contribution in [0.3, 0.4) is 0 Å². The number of halogens is 3. The Morgan fingerprint density at radius 1 is 1.11 bits per heavy atom. The van der Waals surface area contributed by atoms with Crippen molar-refractivity contribution in [2.24, 2.45) is 0 Å². The molecule has 0 aromatic rings. The highest BCUT2D eigenvalue weighted by Gasteiger charge is 2.06. The lowest BCUT2D eigenvalue weighted by molar-refractivity contribution is 0.535. The van der Waals surface area contributed by atoms with Crippen LogP contribution < -0.4 is 0 Å². The molecule has 0 aliphatic rings. The SMILES string of the molecule is CCSCC.FB(F)F. The van der Waals surface area contributed by atoms with Crippen molar-refractivity contribution >= 4 is 19.3 Å². The maximum absolute atomic E-state index is 9.67. The molecular formula is C4H10BF3S. The van der Waals surface area contributed by atoms with E-state index in [-0.39, 0.29) is 0 Å². The van der Waals surface area contributed by atoms with Crippen molar-refractivity contribution in [3.05, 3.63) is 0 Å². The molecule has 0 unspecified atom stereocenters. The first kappa shape index (κ1) is 11.9. The van der Waals surface area contributed by atoms with Gasteiger partial charge in [-0.3, -0.25) is 12.9 Å². The predicted octanol–water partition coefficient (Wildman–Crippen LogP) is 2.64. The molecular weight excluding hydrogens is 148 g/mol. The number of thioether (sulfide) groups is 1. The first-order valence-corrected chi connectivity index (χ1v) is 3.80. The average Bonchev–Trinajstić information content (AvgIpc) is 1.66. The van der Waals surface area contributed by atoms with Gasteiger partial charge < -0.3 is 0 Å². The van der Waals surface area contributed by atoms with E-state index in [4.69, 9.17) is 0 Å².